The Morgan fingerprint density at radius 2 is 2.25 bits per heavy atom. The van der Waals surface area contributed by atoms with Crippen molar-refractivity contribution in [2.75, 3.05) is 25.1 Å². The van der Waals surface area contributed by atoms with Crippen molar-refractivity contribution in [3.05, 3.63) is 27.8 Å². The summed E-state index contributed by atoms with van der Waals surface area (Å²) in [6, 6.07) is 8.20. The summed E-state index contributed by atoms with van der Waals surface area (Å²) in [5.41, 5.74) is 1.15. The maximum absolute atomic E-state index is 8.72. The molecule has 2 nitrogen and oxygen atoms in total. The molecule has 0 radical (unpaired) electrons. The molecule has 66 valence electrons. The van der Waals surface area contributed by atoms with E-state index in [9.17, 15) is 0 Å². The predicted octanol–water partition coefficient (Wildman–Crippen LogP) is 1.72. The Morgan fingerprint density at radius 1 is 1.50 bits per heavy atom. The van der Waals surface area contributed by atoms with Crippen molar-refractivity contribution in [3.63, 3.8) is 0 Å². The summed E-state index contributed by atoms with van der Waals surface area (Å²) in [5, 5.41) is 8.72. The molecule has 0 bridgehead atoms. The van der Waals surface area contributed by atoms with Crippen LogP contribution in [-0.2, 0) is 0 Å². The van der Waals surface area contributed by atoms with Crippen LogP contribution in [0.25, 0.3) is 0 Å². The quantitative estimate of drug-likeness (QED) is 0.850. The van der Waals surface area contributed by atoms with Gasteiger partial charge in [0.2, 0.25) is 0 Å². The molecule has 1 aromatic rings. The van der Waals surface area contributed by atoms with Gasteiger partial charge in [-0.1, -0.05) is 6.07 Å². The van der Waals surface area contributed by atoms with E-state index in [-0.39, 0.29) is 6.61 Å². The van der Waals surface area contributed by atoms with E-state index in [1.807, 2.05) is 24.1 Å². The highest BCUT2D eigenvalue weighted by Gasteiger charge is 1.98. The second-order valence-electron chi connectivity index (χ2n) is 2.63. The molecular formula is C9H12INO. The lowest BCUT2D eigenvalue weighted by atomic mass is 10.3. The molecule has 0 unspecified atom stereocenters. The Hall–Kier alpha value is -0.290. The molecule has 12 heavy (non-hydrogen) atoms. The average molecular weight is 277 g/mol. The van der Waals surface area contributed by atoms with Crippen molar-refractivity contribution >= 4 is 28.3 Å². The lowest BCUT2D eigenvalue weighted by Gasteiger charge is -2.17. The van der Waals surface area contributed by atoms with Gasteiger partial charge in [0.05, 0.1) is 6.61 Å². The highest BCUT2D eigenvalue weighted by atomic mass is 127. The first-order valence-corrected chi connectivity index (χ1v) is 4.89. The van der Waals surface area contributed by atoms with Gasteiger partial charge in [0.25, 0.3) is 0 Å². The second-order valence-corrected chi connectivity index (χ2v) is 3.87. The summed E-state index contributed by atoms with van der Waals surface area (Å²) in [4.78, 5) is 2.03. The van der Waals surface area contributed by atoms with Gasteiger partial charge in [-0.3, -0.25) is 0 Å². The summed E-state index contributed by atoms with van der Waals surface area (Å²) in [6.07, 6.45) is 0. The van der Waals surface area contributed by atoms with Crippen LogP contribution in [0.15, 0.2) is 24.3 Å². The minimum Gasteiger partial charge on any atom is -0.395 e. The van der Waals surface area contributed by atoms with Crippen LogP contribution in [-0.4, -0.2) is 25.3 Å². The summed E-state index contributed by atoms with van der Waals surface area (Å²) < 4.78 is 1.22. The van der Waals surface area contributed by atoms with Gasteiger partial charge in [0, 0.05) is 22.8 Å². The van der Waals surface area contributed by atoms with E-state index in [1.54, 1.807) is 0 Å². The van der Waals surface area contributed by atoms with Gasteiger partial charge >= 0.3 is 0 Å². The van der Waals surface area contributed by atoms with E-state index in [2.05, 4.69) is 34.7 Å². The maximum atomic E-state index is 8.72. The van der Waals surface area contributed by atoms with Crippen LogP contribution in [0, 0.1) is 3.57 Å². The number of anilines is 1. The minimum atomic E-state index is 0.196. The first-order valence-electron chi connectivity index (χ1n) is 3.81. The molecule has 0 spiro atoms. The summed E-state index contributed by atoms with van der Waals surface area (Å²) in [7, 11) is 1.97. The molecule has 0 saturated heterocycles. The number of benzene rings is 1. The van der Waals surface area contributed by atoms with Gasteiger partial charge in [-0.15, -0.1) is 0 Å². The molecule has 1 rings (SSSR count). The van der Waals surface area contributed by atoms with Gasteiger partial charge in [-0.05, 0) is 40.8 Å². The number of hydrogen-bond donors (Lipinski definition) is 1. The molecular weight excluding hydrogens is 265 g/mol. The van der Waals surface area contributed by atoms with Crippen LogP contribution < -0.4 is 4.90 Å². The largest absolute Gasteiger partial charge is 0.395 e. The fourth-order valence-electron chi connectivity index (χ4n) is 0.993. The van der Waals surface area contributed by atoms with Crippen molar-refractivity contribution in [1.82, 2.24) is 0 Å². The zero-order valence-corrected chi connectivity index (χ0v) is 9.15. The molecule has 0 aromatic heterocycles. The minimum absolute atomic E-state index is 0.196. The average Bonchev–Trinajstić information content (AvgIpc) is 2.05. The van der Waals surface area contributed by atoms with Crippen molar-refractivity contribution in [2.24, 2.45) is 0 Å². The smallest absolute Gasteiger partial charge is 0.0606 e. The van der Waals surface area contributed by atoms with Crippen LogP contribution >= 0.6 is 22.6 Å². The van der Waals surface area contributed by atoms with Crippen molar-refractivity contribution in [2.45, 2.75) is 0 Å². The Balaban J connectivity index is 2.73. The Labute approximate surface area is 86.3 Å². The summed E-state index contributed by atoms with van der Waals surface area (Å²) in [5.74, 6) is 0. The van der Waals surface area contributed by atoms with Crippen LogP contribution in [0.1, 0.15) is 0 Å². The number of aliphatic hydroxyl groups is 1. The first kappa shape index (κ1) is 9.80. The van der Waals surface area contributed by atoms with E-state index >= 15 is 0 Å². The standard InChI is InChI=1S/C9H12INO/c1-11(5-6-12)9-4-2-3-8(10)7-9/h2-4,7,12H,5-6H2,1H3. The summed E-state index contributed by atoms with van der Waals surface area (Å²) >= 11 is 2.28. The molecule has 0 aliphatic rings. The molecule has 0 aliphatic carbocycles. The van der Waals surface area contributed by atoms with Crippen molar-refractivity contribution < 1.29 is 5.11 Å². The fourth-order valence-corrected chi connectivity index (χ4v) is 1.52. The van der Waals surface area contributed by atoms with Gasteiger partial charge in [-0.2, -0.15) is 0 Å². The fraction of sp³-hybridized carbons (Fsp3) is 0.333. The molecule has 0 atom stereocenters. The predicted molar refractivity (Wildman–Crippen MR) is 59.5 cm³/mol. The third-order valence-electron chi connectivity index (χ3n) is 1.68. The van der Waals surface area contributed by atoms with E-state index < -0.39 is 0 Å². The SMILES string of the molecule is CN(CCO)c1cccc(I)c1. The molecule has 0 aliphatic heterocycles. The van der Waals surface area contributed by atoms with E-state index in [1.165, 1.54) is 3.57 Å². The zero-order valence-electron chi connectivity index (χ0n) is 7.00. The highest BCUT2D eigenvalue weighted by molar-refractivity contribution is 14.1. The molecule has 0 heterocycles. The third kappa shape index (κ3) is 2.64. The Kier molecular flexibility index (Phi) is 3.81. The number of aliphatic hydroxyl groups excluding tert-OH is 1. The number of nitrogens with zero attached hydrogens (tertiary/aromatic N) is 1. The van der Waals surface area contributed by atoms with Crippen molar-refractivity contribution in [1.29, 1.82) is 0 Å². The first-order chi connectivity index (χ1) is 5.74. The second kappa shape index (κ2) is 4.67. The van der Waals surface area contributed by atoms with Crippen LogP contribution in [0.3, 0.4) is 0 Å². The number of rotatable bonds is 3. The van der Waals surface area contributed by atoms with Gasteiger partial charge in [-0.25, -0.2) is 0 Å². The Morgan fingerprint density at radius 3 is 2.83 bits per heavy atom. The monoisotopic (exact) mass is 277 g/mol. The summed E-state index contributed by atoms with van der Waals surface area (Å²) in [6.45, 7) is 0.877. The van der Waals surface area contributed by atoms with E-state index in [0.29, 0.717) is 6.54 Å². The number of halogens is 1. The highest BCUT2D eigenvalue weighted by Crippen LogP contribution is 2.15. The number of hydrogen-bond acceptors (Lipinski definition) is 2. The lowest BCUT2D eigenvalue weighted by molar-refractivity contribution is 0.304. The third-order valence-corrected chi connectivity index (χ3v) is 2.36. The molecule has 0 fully saturated rings. The topological polar surface area (TPSA) is 23.5 Å². The van der Waals surface area contributed by atoms with Crippen LogP contribution in [0.5, 0.6) is 0 Å². The van der Waals surface area contributed by atoms with Crippen LogP contribution in [0.4, 0.5) is 5.69 Å². The molecule has 1 aromatic carbocycles. The zero-order chi connectivity index (χ0) is 8.97. The van der Waals surface area contributed by atoms with Gasteiger partial charge in [0.1, 0.15) is 0 Å². The molecule has 0 amide bonds. The normalized spacial score (nSPS) is 9.92. The van der Waals surface area contributed by atoms with Gasteiger partial charge in [0.15, 0.2) is 0 Å². The maximum Gasteiger partial charge on any atom is 0.0606 e. The van der Waals surface area contributed by atoms with Crippen LogP contribution in [0.2, 0.25) is 0 Å². The van der Waals surface area contributed by atoms with E-state index in [4.69, 9.17) is 5.11 Å². The van der Waals surface area contributed by atoms with E-state index in [0.717, 1.165) is 5.69 Å². The molecule has 1 N–H and O–H groups in total. The molecule has 3 heteroatoms. The van der Waals surface area contributed by atoms with Crippen molar-refractivity contribution in [3.8, 4) is 0 Å². The Bertz CT molecular complexity index is 252. The number of likely N-dealkylation sites (N-methyl/N-ethyl adjacent to an activating group) is 1. The van der Waals surface area contributed by atoms with Gasteiger partial charge < -0.3 is 10.0 Å². The lowest BCUT2D eigenvalue weighted by Crippen LogP contribution is -2.20. The molecule has 0 saturated carbocycles.